The molecule has 1 aliphatic rings. The van der Waals surface area contributed by atoms with E-state index in [1.807, 2.05) is 23.1 Å². The van der Waals surface area contributed by atoms with Crippen molar-refractivity contribution in [3.05, 3.63) is 29.3 Å². The molecule has 1 N–H and O–H groups in total. The fourth-order valence-corrected chi connectivity index (χ4v) is 2.54. The van der Waals surface area contributed by atoms with Gasteiger partial charge in [0, 0.05) is 32.1 Å². The Labute approximate surface area is 125 Å². The van der Waals surface area contributed by atoms with Gasteiger partial charge in [-0.1, -0.05) is 6.07 Å². The lowest BCUT2D eigenvalue weighted by Crippen LogP contribution is -2.39. The van der Waals surface area contributed by atoms with E-state index in [1.165, 1.54) is 0 Å². The molecular weight excluding hydrogens is 266 g/mol. The molecule has 5 nitrogen and oxygen atoms in total. The number of amides is 1. The normalized spacial score (nSPS) is 15.9. The highest BCUT2D eigenvalue weighted by atomic mass is 16.5. The van der Waals surface area contributed by atoms with Crippen molar-refractivity contribution in [2.75, 3.05) is 20.2 Å². The number of hydrogen-bond acceptors (Lipinski definition) is 4. The monoisotopic (exact) mass is 287 g/mol. The average Bonchev–Trinajstić information content (AvgIpc) is 2.90. The van der Waals surface area contributed by atoms with Crippen LogP contribution in [-0.2, 0) is 11.3 Å². The van der Waals surface area contributed by atoms with Crippen LogP contribution in [0.1, 0.15) is 30.9 Å². The van der Waals surface area contributed by atoms with Crippen LogP contribution in [0.5, 0.6) is 5.75 Å². The molecule has 1 heterocycles. The van der Waals surface area contributed by atoms with E-state index < -0.39 is 0 Å². The van der Waals surface area contributed by atoms with Crippen LogP contribution < -0.4 is 10.1 Å². The Kier molecular flexibility index (Phi) is 5.18. The third kappa shape index (κ3) is 3.96. The topological polar surface area (TPSA) is 65.4 Å². The van der Waals surface area contributed by atoms with Gasteiger partial charge < -0.3 is 15.0 Å². The van der Waals surface area contributed by atoms with Crippen molar-refractivity contribution in [3.63, 3.8) is 0 Å². The number of hydrogen-bond donors (Lipinski definition) is 1. The fourth-order valence-electron chi connectivity index (χ4n) is 2.54. The first-order valence-electron chi connectivity index (χ1n) is 7.22. The predicted octanol–water partition coefficient (Wildman–Crippen LogP) is 1.67. The number of likely N-dealkylation sites (tertiary alicyclic amines) is 1. The Morgan fingerprint density at radius 1 is 1.52 bits per heavy atom. The molecule has 0 aromatic heterocycles. The maximum atomic E-state index is 11.6. The van der Waals surface area contributed by atoms with Crippen molar-refractivity contribution in [1.82, 2.24) is 10.2 Å². The second-order valence-electron chi connectivity index (χ2n) is 5.37. The number of benzene rings is 1. The number of methoxy groups -OCH3 is 1. The van der Waals surface area contributed by atoms with Gasteiger partial charge >= 0.3 is 0 Å². The van der Waals surface area contributed by atoms with Crippen LogP contribution in [0.15, 0.2) is 18.2 Å². The van der Waals surface area contributed by atoms with Crippen molar-refractivity contribution in [1.29, 1.82) is 5.26 Å². The Morgan fingerprint density at radius 2 is 2.33 bits per heavy atom. The van der Waals surface area contributed by atoms with Crippen molar-refractivity contribution in [3.8, 4) is 11.8 Å². The lowest BCUT2D eigenvalue weighted by atomic mass is 10.1. The summed E-state index contributed by atoms with van der Waals surface area (Å²) in [4.78, 5) is 13.5. The first-order valence-corrected chi connectivity index (χ1v) is 7.22. The van der Waals surface area contributed by atoms with Gasteiger partial charge in [0.1, 0.15) is 11.8 Å². The summed E-state index contributed by atoms with van der Waals surface area (Å²) in [5.74, 6) is 0.844. The Hall–Kier alpha value is -2.06. The predicted molar refractivity (Wildman–Crippen MR) is 79.8 cm³/mol. The van der Waals surface area contributed by atoms with E-state index >= 15 is 0 Å². The number of rotatable bonds is 6. The third-order valence-electron chi connectivity index (χ3n) is 3.70. The number of nitrogens with one attached hydrogen (secondary N) is 1. The Bertz CT molecular complexity index is 551. The number of ether oxygens (including phenoxy) is 1. The molecule has 1 aromatic rings. The number of carbonyl (C=O) groups excluding carboxylic acids is 1. The lowest BCUT2D eigenvalue weighted by molar-refractivity contribution is -0.127. The zero-order valence-corrected chi connectivity index (χ0v) is 12.6. The molecular formula is C16H21N3O2. The van der Waals surface area contributed by atoms with Crippen LogP contribution in [0.25, 0.3) is 0 Å². The molecule has 1 aliphatic heterocycles. The molecule has 0 spiro atoms. The minimum Gasteiger partial charge on any atom is -0.495 e. The van der Waals surface area contributed by atoms with Crippen molar-refractivity contribution in [2.24, 2.45) is 0 Å². The van der Waals surface area contributed by atoms with E-state index in [4.69, 9.17) is 10.00 Å². The first kappa shape index (κ1) is 15.3. The molecule has 0 radical (unpaired) electrons. The summed E-state index contributed by atoms with van der Waals surface area (Å²) in [5, 5.41) is 12.5. The van der Waals surface area contributed by atoms with E-state index in [1.54, 1.807) is 7.11 Å². The smallest absolute Gasteiger partial charge is 0.222 e. The van der Waals surface area contributed by atoms with E-state index in [0.29, 0.717) is 24.3 Å². The lowest BCUT2D eigenvalue weighted by Gasteiger charge is -2.21. The molecule has 2 rings (SSSR count). The van der Waals surface area contributed by atoms with E-state index in [9.17, 15) is 4.79 Å². The third-order valence-corrected chi connectivity index (χ3v) is 3.70. The summed E-state index contributed by atoms with van der Waals surface area (Å²) in [6.07, 6.45) is 1.65. The molecule has 1 aromatic carbocycles. The Balaban J connectivity index is 1.87. The summed E-state index contributed by atoms with van der Waals surface area (Å²) in [6, 6.07) is 7.94. The van der Waals surface area contributed by atoms with Gasteiger partial charge in [-0.05, 0) is 31.0 Å². The highest BCUT2D eigenvalue weighted by molar-refractivity contribution is 5.78. The summed E-state index contributed by atoms with van der Waals surface area (Å²) < 4.78 is 5.13. The van der Waals surface area contributed by atoms with E-state index in [-0.39, 0.29) is 11.9 Å². The van der Waals surface area contributed by atoms with Gasteiger partial charge in [0.2, 0.25) is 5.91 Å². The van der Waals surface area contributed by atoms with Crippen molar-refractivity contribution >= 4 is 5.91 Å². The molecule has 1 amide bonds. The fraction of sp³-hybridized carbons (Fsp3) is 0.500. The van der Waals surface area contributed by atoms with Crippen LogP contribution in [0.4, 0.5) is 0 Å². The SMILES string of the molecule is COc1ccc(CNC(C)CN2CCCC2=O)cc1C#N. The maximum Gasteiger partial charge on any atom is 0.222 e. The van der Waals surface area contributed by atoms with Gasteiger partial charge in [0.25, 0.3) is 0 Å². The van der Waals surface area contributed by atoms with Gasteiger partial charge in [0.15, 0.2) is 0 Å². The van der Waals surface area contributed by atoms with Gasteiger partial charge in [-0.15, -0.1) is 0 Å². The molecule has 0 saturated carbocycles. The highest BCUT2D eigenvalue weighted by Gasteiger charge is 2.21. The molecule has 0 bridgehead atoms. The van der Waals surface area contributed by atoms with Crippen LogP contribution in [-0.4, -0.2) is 37.0 Å². The maximum absolute atomic E-state index is 11.6. The van der Waals surface area contributed by atoms with Crippen LogP contribution in [0.2, 0.25) is 0 Å². The minimum atomic E-state index is 0.222. The standard InChI is InChI=1S/C16H21N3O2/c1-12(11-19-7-3-4-16(19)20)18-10-13-5-6-15(21-2)14(8-13)9-17/h5-6,8,12,18H,3-4,7,10-11H2,1-2H3. The minimum absolute atomic E-state index is 0.222. The molecule has 0 aliphatic carbocycles. The molecule has 1 unspecified atom stereocenters. The van der Waals surface area contributed by atoms with Crippen LogP contribution >= 0.6 is 0 Å². The van der Waals surface area contributed by atoms with Crippen molar-refractivity contribution in [2.45, 2.75) is 32.4 Å². The molecule has 21 heavy (non-hydrogen) atoms. The number of carbonyl (C=O) groups is 1. The number of nitrogens with zero attached hydrogens (tertiary/aromatic N) is 2. The second-order valence-corrected chi connectivity index (χ2v) is 5.37. The molecule has 5 heteroatoms. The molecule has 1 saturated heterocycles. The largest absolute Gasteiger partial charge is 0.495 e. The van der Waals surface area contributed by atoms with Gasteiger partial charge in [-0.2, -0.15) is 5.26 Å². The van der Waals surface area contributed by atoms with Crippen LogP contribution in [0, 0.1) is 11.3 Å². The highest BCUT2D eigenvalue weighted by Crippen LogP contribution is 2.18. The van der Waals surface area contributed by atoms with Gasteiger partial charge in [-0.3, -0.25) is 4.79 Å². The zero-order valence-electron chi connectivity index (χ0n) is 12.6. The Morgan fingerprint density at radius 3 is 2.95 bits per heavy atom. The van der Waals surface area contributed by atoms with Crippen molar-refractivity contribution < 1.29 is 9.53 Å². The van der Waals surface area contributed by atoms with Gasteiger partial charge in [-0.25, -0.2) is 0 Å². The summed E-state index contributed by atoms with van der Waals surface area (Å²) >= 11 is 0. The average molecular weight is 287 g/mol. The van der Waals surface area contributed by atoms with Gasteiger partial charge in [0.05, 0.1) is 12.7 Å². The first-order chi connectivity index (χ1) is 10.1. The van der Waals surface area contributed by atoms with E-state index in [2.05, 4.69) is 18.3 Å². The summed E-state index contributed by atoms with van der Waals surface area (Å²) in [5.41, 5.74) is 1.58. The van der Waals surface area contributed by atoms with E-state index in [0.717, 1.165) is 25.1 Å². The summed E-state index contributed by atoms with van der Waals surface area (Å²) in [6.45, 7) is 4.34. The second kappa shape index (κ2) is 7.09. The summed E-state index contributed by atoms with van der Waals surface area (Å²) in [7, 11) is 1.56. The van der Waals surface area contributed by atoms with Crippen LogP contribution in [0.3, 0.4) is 0 Å². The molecule has 1 fully saturated rings. The molecule has 112 valence electrons. The zero-order chi connectivity index (χ0) is 15.2. The quantitative estimate of drug-likeness (QED) is 0.864. The number of nitriles is 1. The molecule has 1 atom stereocenters.